The van der Waals surface area contributed by atoms with Crippen LogP contribution in [0, 0.1) is 0 Å². The van der Waals surface area contributed by atoms with Gasteiger partial charge in [0, 0.05) is 11.1 Å². The number of carbonyl (C=O) groups excluding carboxylic acids is 3. The lowest BCUT2D eigenvalue weighted by molar-refractivity contribution is -0.119. The van der Waals surface area contributed by atoms with Crippen LogP contribution >= 0.6 is 46.4 Å². The van der Waals surface area contributed by atoms with Crippen LogP contribution in [0.25, 0.3) is 10.8 Å². The molecular weight excluding hydrogens is 558 g/mol. The van der Waals surface area contributed by atoms with Gasteiger partial charge in [-0.05, 0) is 42.6 Å². The normalized spacial score (nSPS) is 13.6. The lowest BCUT2D eigenvalue weighted by Crippen LogP contribution is -2.45. The van der Waals surface area contributed by atoms with Crippen molar-refractivity contribution in [2.45, 2.75) is 13.0 Å². The number of benzene rings is 4. The first kappa shape index (κ1) is 25.4. The van der Waals surface area contributed by atoms with Gasteiger partial charge in [-0.3, -0.25) is 19.3 Å². The summed E-state index contributed by atoms with van der Waals surface area (Å²) in [7, 11) is 0. The molecule has 37 heavy (non-hydrogen) atoms. The van der Waals surface area contributed by atoms with Crippen molar-refractivity contribution < 1.29 is 19.1 Å². The highest BCUT2D eigenvalue weighted by Gasteiger charge is 2.45. The van der Waals surface area contributed by atoms with Crippen molar-refractivity contribution in [2.24, 2.45) is 0 Å². The maximum atomic E-state index is 13.0. The van der Waals surface area contributed by atoms with Gasteiger partial charge in [-0.2, -0.15) is 0 Å². The molecule has 1 aliphatic heterocycles. The molecular formula is C27H16Cl4N2O4. The topological polar surface area (TPSA) is 75.7 Å². The summed E-state index contributed by atoms with van der Waals surface area (Å²) in [4.78, 5) is 39.8. The summed E-state index contributed by atoms with van der Waals surface area (Å²) in [5.41, 5.74) is 0.0854. The summed E-state index contributed by atoms with van der Waals surface area (Å²) in [6.45, 7) is 1.42. The smallest absolute Gasteiger partial charge is 0.263 e. The SMILES string of the molecule is C[C@@H](C(=O)Nc1ccc(Oc2cccc3ccccc23)cc1)N1C(=O)c2c(Cl)c(Cl)c(Cl)c(Cl)c2C1=O. The third kappa shape index (κ3) is 4.40. The number of fused-ring (bicyclic) bond motifs is 2. The van der Waals surface area contributed by atoms with Crippen molar-refractivity contribution in [1.82, 2.24) is 4.90 Å². The number of amides is 3. The van der Waals surface area contributed by atoms with Crippen LogP contribution in [-0.2, 0) is 4.79 Å². The third-order valence-corrected chi connectivity index (χ3v) is 7.80. The summed E-state index contributed by atoms with van der Waals surface area (Å²) in [6.07, 6.45) is 0. The second-order valence-corrected chi connectivity index (χ2v) is 9.77. The molecule has 0 aliphatic carbocycles. The Morgan fingerprint density at radius 3 is 1.97 bits per heavy atom. The van der Waals surface area contributed by atoms with Gasteiger partial charge in [0.25, 0.3) is 11.8 Å². The number of rotatable bonds is 5. The zero-order valence-corrected chi connectivity index (χ0v) is 22.0. The van der Waals surface area contributed by atoms with Crippen LogP contribution in [0.1, 0.15) is 27.6 Å². The van der Waals surface area contributed by atoms with Crippen LogP contribution in [0.4, 0.5) is 5.69 Å². The Morgan fingerprint density at radius 1 is 0.784 bits per heavy atom. The average Bonchev–Trinajstić information content (AvgIpc) is 3.16. The van der Waals surface area contributed by atoms with Gasteiger partial charge in [0.05, 0.1) is 31.2 Å². The molecule has 1 heterocycles. The van der Waals surface area contributed by atoms with Gasteiger partial charge in [-0.15, -0.1) is 0 Å². The fraction of sp³-hybridized carbons (Fsp3) is 0.0741. The molecule has 6 nitrogen and oxygen atoms in total. The summed E-state index contributed by atoms with van der Waals surface area (Å²) in [5, 5.41) is 4.06. The Balaban J connectivity index is 1.32. The van der Waals surface area contributed by atoms with Gasteiger partial charge in [0.15, 0.2) is 0 Å². The minimum atomic E-state index is -1.18. The number of nitrogens with one attached hydrogen (secondary N) is 1. The van der Waals surface area contributed by atoms with E-state index in [1.807, 2.05) is 42.5 Å². The second-order valence-electron chi connectivity index (χ2n) is 8.26. The number of hydrogen-bond acceptors (Lipinski definition) is 4. The molecule has 0 bridgehead atoms. The van der Waals surface area contributed by atoms with E-state index >= 15 is 0 Å². The molecule has 0 fully saturated rings. The van der Waals surface area contributed by atoms with Crippen LogP contribution in [0.2, 0.25) is 20.1 Å². The lowest BCUT2D eigenvalue weighted by Gasteiger charge is -2.21. The largest absolute Gasteiger partial charge is 0.457 e. The van der Waals surface area contributed by atoms with Crippen molar-refractivity contribution >= 4 is 80.6 Å². The summed E-state index contributed by atoms with van der Waals surface area (Å²) in [6, 6.07) is 19.2. The van der Waals surface area contributed by atoms with E-state index in [2.05, 4.69) is 5.32 Å². The molecule has 0 spiro atoms. The summed E-state index contributed by atoms with van der Waals surface area (Å²) in [5.74, 6) is -0.895. The monoisotopic (exact) mass is 572 g/mol. The Kier molecular flexibility index (Phi) is 6.77. The molecule has 0 unspecified atom stereocenters. The molecule has 0 saturated heterocycles. The minimum absolute atomic E-state index is 0.141. The van der Waals surface area contributed by atoms with Gasteiger partial charge in [0.2, 0.25) is 5.91 Å². The molecule has 4 aromatic rings. The molecule has 1 N–H and O–H groups in total. The van der Waals surface area contributed by atoms with E-state index in [1.54, 1.807) is 24.3 Å². The third-order valence-electron chi connectivity index (χ3n) is 6.00. The number of anilines is 1. The van der Waals surface area contributed by atoms with E-state index in [-0.39, 0.29) is 31.2 Å². The van der Waals surface area contributed by atoms with E-state index in [9.17, 15) is 14.4 Å². The molecule has 3 amide bonds. The maximum absolute atomic E-state index is 13.0. The predicted molar refractivity (Wildman–Crippen MR) is 146 cm³/mol. The molecule has 0 aromatic heterocycles. The second kappa shape index (κ2) is 9.88. The van der Waals surface area contributed by atoms with E-state index in [0.717, 1.165) is 15.7 Å². The molecule has 0 radical (unpaired) electrons. The molecule has 4 aromatic carbocycles. The van der Waals surface area contributed by atoms with Gasteiger partial charge < -0.3 is 10.1 Å². The van der Waals surface area contributed by atoms with Crippen molar-refractivity contribution in [3.8, 4) is 11.5 Å². The molecule has 1 atom stereocenters. The Labute approximate surface area is 231 Å². The fourth-order valence-electron chi connectivity index (χ4n) is 4.10. The van der Waals surface area contributed by atoms with Gasteiger partial charge >= 0.3 is 0 Å². The van der Waals surface area contributed by atoms with E-state index in [4.69, 9.17) is 51.1 Å². The van der Waals surface area contributed by atoms with Crippen molar-refractivity contribution in [2.75, 3.05) is 5.32 Å². The van der Waals surface area contributed by atoms with Crippen molar-refractivity contribution in [3.63, 3.8) is 0 Å². The molecule has 10 heteroatoms. The lowest BCUT2D eigenvalue weighted by atomic mass is 10.1. The van der Waals surface area contributed by atoms with E-state index in [1.165, 1.54) is 6.92 Å². The first-order valence-electron chi connectivity index (χ1n) is 11.0. The fourth-order valence-corrected chi connectivity index (χ4v) is 5.11. The number of ether oxygens (including phenoxy) is 1. The van der Waals surface area contributed by atoms with Crippen molar-refractivity contribution in [1.29, 1.82) is 0 Å². The van der Waals surface area contributed by atoms with E-state index in [0.29, 0.717) is 17.2 Å². The first-order chi connectivity index (χ1) is 17.7. The summed E-state index contributed by atoms with van der Waals surface area (Å²) >= 11 is 24.4. The van der Waals surface area contributed by atoms with Crippen molar-refractivity contribution in [3.05, 3.63) is 97.9 Å². The van der Waals surface area contributed by atoms with Gasteiger partial charge in [-0.25, -0.2) is 0 Å². The number of hydrogen-bond donors (Lipinski definition) is 1. The average molecular weight is 574 g/mol. The number of imide groups is 1. The molecule has 186 valence electrons. The maximum Gasteiger partial charge on any atom is 0.263 e. The standard InChI is InChI=1S/C27H16Cl4N2O4/c1-13(33-26(35)19-20(27(33)36)22(29)24(31)23(30)21(19)28)25(34)32-15-9-11-16(12-10-15)37-18-8-4-6-14-5-2-3-7-17(14)18/h2-13H,1H3,(H,32,34)/t13-/m0/s1. The molecule has 1 aliphatic rings. The summed E-state index contributed by atoms with van der Waals surface area (Å²) < 4.78 is 6.03. The highest BCUT2D eigenvalue weighted by molar-refractivity contribution is 6.55. The Hall–Kier alpha value is -3.29. The Morgan fingerprint density at radius 2 is 1.35 bits per heavy atom. The van der Waals surface area contributed by atoms with Gasteiger partial charge in [0.1, 0.15) is 17.5 Å². The van der Waals surface area contributed by atoms with Crippen LogP contribution in [-0.4, -0.2) is 28.7 Å². The highest BCUT2D eigenvalue weighted by atomic mass is 35.5. The van der Waals surface area contributed by atoms with Crippen LogP contribution in [0.3, 0.4) is 0 Å². The molecule has 0 saturated carbocycles. The predicted octanol–water partition coefficient (Wildman–Crippen LogP) is 7.87. The Bertz CT molecular complexity index is 1550. The van der Waals surface area contributed by atoms with Crippen LogP contribution < -0.4 is 10.1 Å². The molecule has 5 rings (SSSR count). The zero-order valence-electron chi connectivity index (χ0n) is 19.0. The quantitative estimate of drug-likeness (QED) is 0.150. The van der Waals surface area contributed by atoms with Gasteiger partial charge in [-0.1, -0.05) is 82.8 Å². The minimum Gasteiger partial charge on any atom is -0.457 e. The zero-order chi connectivity index (χ0) is 26.4. The number of halogens is 4. The first-order valence-corrected chi connectivity index (χ1v) is 12.5. The highest BCUT2D eigenvalue weighted by Crippen LogP contribution is 2.45. The van der Waals surface area contributed by atoms with E-state index < -0.39 is 23.8 Å². The number of carbonyl (C=O) groups is 3. The van der Waals surface area contributed by atoms with Crippen LogP contribution in [0.5, 0.6) is 11.5 Å². The van der Waals surface area contributed by atoms with Crippen LogP contribution in [0.15, 0.2) is 66.7 Å². The number of nitrogens with zero attached hydrogens (tertiary/aromatic N) is 1.